The third kappa shape index (κ3) is 5.13. The lowest BCUT2D eigenvalue weighted by atomic mass is 9.95. The van der Waals surface area contributed by atoms with Gasteiger partial charge in [0.15, 0.2) is 11.6 Å². The van der Waals surface area contributed by atoms with Crippen molar-refractivity contribution in [2.75, 3.05) is 13.1 Å². The molecule has 1 aromatic rings. The Kier molecular flexibility index (Phi) is 6.88. The average Bonchev–Trinajstić information content (AvgIpc) is 2.34. The van der Waals surface area contributed by atoms with Crippen LogP contribution >= 0.6 is 0 Å². The summed E-state index contributed by atoms with van der Waals surface area (Å²) in [6.45, 7) is 6.24. The molecular weight excluding hydrogens is 232 g/mol. The van der Waals surface area contributed by atoms with Gasteiger partial charge in [0, 0.05) is 0 Å². The smallest absolute Gasteiger partial charge is 0.159 e. The van der Waals surface area contributed by atoms with E-state index in [1.807, 2.05) is 0 Å². The molecule has 0 fully saturated rings. The molecule has 18 heavy (non-hydrogen) atoms. The lowest BCUT2D eigenvalue weighted by molar-refractivity contribution is 0.436. The first-order chi connectivity index (χ1) is 8.67. The molecule has 0 aliphatic heterocycles. The quantitative estimate of drug-likeness (QED) is 0.694. The number of rotatable bonds is 8. The van der Waals surface area contributed by atoms with Crippen molar-refractivity contribution in [1.82, 2.24) is 5.32 Å². The largest absolute Gasteiger partial charge is 0.316 e. The molecule has 1 rings (SSSR count). The molecule has 0 aliphatic rings. The fourth-order valence-corrected chi connectivity index (χ4v) is 2.17. The van der Waals surface area contributed by atoms with Crippen LogP contribution in [0.25, 0.3) is 0 Å². The molecule has 0 heterocycles. The zero-order chi connectivity index (χ0) is 13.4. The van der Waals surface area contributed by atoms with Gasteiger partial charge in [-0.1, -0.05) is 26.3 Å². The zero-order valence-corrected chi connectivity index (χ0v) is 11.3. The fourth-order valence-electron chi connectivity index (χ4n) is 2.17. The van der Waals surface area contributed by atoms with Crippen molar-refractivity contribution >= 4 is 0 Å². The summed E-state index contributed by atoms with van der Waals surface area (Å²) in [6.07, 6.45) is 4.14. The molecule has 0 amide bonds. The molecule has 1 atom stereocenters. The fraction of sp³-hybridized carbons (Fsp3) is 0.600. The van der Waals surface area contributed by atoms with Crippen LogP contribution in [0.15, 0.2) is 18.2 Å². The second-order valence-corrected chi connectivity index (χ2v) is 4.81. The highest BCUT2D eigenvalue weighted by Gasteiger charge is 2.10. The first-order valence-electron chi connectivity index (χ1n) is 6.82. The van der Waals surface area contributed by atoms with E-state index >= 15 is 0 Å². The summed E-state index contributed by atoms with van der Waals surface area (Å²) in [5, 5.41) is 3.40. The summed E-state index contributed by atoms with van der Waals surface area (Å²) >= 11 is 0. The van der Waals surface area contributed by atoms with Crippen molar-refractivity contribution in [3.8, 4) is 0 Å². The van der Waals surface area contributed by atoms with E-state index in [1.54, 1.807) is 6.07 Å². The summed E-state index contributed by atoms with van der Waals surface area (Å²) in [7, 11) is 0. The van der Waals surface area contributed by atoms with Crippen LogP contribution in [-0.2, 0) is 6.42 Å². The van der Waals surface area contributed by atoms with Crippen molar-refractivity contribution in [2.24, 2.45) is 5.92 Å². The zero-order valence-electron chi connectivity index (χ0n) is 11.3. The van der Waals surface area contributed by atoms with Crippen LogP contribution in [-0.4, -0.2) is 13.1 Å². The topological polar surface area (TPSA) is 12.0 Å². The Morgan fingerprint density at radius 2 is 1.89 bits per heavy atom. The Labute approximate surface area is 109 Å². The van der Waals surface area contributed by atoms with Crippen LogP contribution in [0.3, 0.4) is 0 Å². The van der Waals surface area contributed by atoms with Gasteiger partial charge in [0.2, 0.25) is 0 Å². The van der Waals surface area contributed by atoms with E-state index in [-0.39, 0.29) is 0 Å². The Morgan fingerprint density at radius 1 is 1.11 bits per heavy atom. The van der Waals surface area contributed by atoms with E-state index < -0.39 is 11.6 Å². The van der Waals surface area contributed by atoms with Gasteiger partial charge < -0.3 is 5.32 Å². The Bertz CT molecular complexity index is 352. The van der Waals surface area contributed by atoms with Crippen molar-refractivity contribution in [1.29, 1.82) is 0 Å². The molecule has 0 saturated heterocycles. The van der Waals surface area contributed by atoms with Crippen molar-refractivity contribution in [3.05, 3.63) is 35.4 Å². The van der Waals surface area contributed by atoms with Crippen molar-refractivity contribution in [2.45, 2.75) is 39.5 Å². The lowest BCUT2D eigenvalue weighted by Gasteiger charge is -2.17. The summed E-state index contributed by atoms with van der Waals surface area (Å²) < 4.78 is 26.0. The molecule has 0 aromatic heterocycles. The van der Waals surface area contributed by atoms with Gasteiger partial charge in [-0.15, -0.1) is 0 Å². The van der Waals surface area contributed by atoms with Crippen molar-refractivity contribution in [3.63, 3.8) is 0 Å². The van der Waals surface area contributed by atoms with E-state index in [0.29, 0.717) is 5.92 Å². The van der Waals surface area contributed by atoms with E-state index in [9.17, 15) is 8.78 Å². The van der Waals surface area contributed by atoms with E-state index in [1.165, 1.54) is 12.1 Å². The van der Waals surface area contributed by atoms with Gasteiger partial charge in [-0.05, 0) is 56.0 Å². The van der Waals surface area contributed by atoms with Gasteiger partial charge in [0.25, 0.3) is 0 Å². The molecular formula is C15H23F2N. The SMILES string of the molecule is CCCNCC(CCC)Cc1ccc(F)c(F)c1. The standard InChI is InChI=1S/C15H23F2N/c1-3-5-13(11-18-8-4-2)9-12-6-7-14(16)15(17)10-12/h6-7,10,13,18H,3-5,8-9,11H2,1-2H3. The second-order valence-electron chi connectivity index (χ2n) is 4.81. The molecule has 1 aromatic carbocycles. The minimum atomic E-state index is -0.769. The summed E-state index contributed by atoms with van der Waals surface area (Å²) in [5.74, 6) is -1.02. The van der Waals surface area contributed by atoms with Crippen LogP contribution in [0.2, 0.25) is 0 Å². The first kappa shape index (κ1) is 15.1. The molecule has 0 saturated carbocycles. The van der Waals surface area contributed by atoms with Crippen LogP contribution in [0, 0.1) is 17.6 Å². The summed E-state index contributed by atoms with van der Waals surface area (Å²) in [5.41, 5.74) is 0.880. The summed E-state index contributed by atoms with van der Waals surface area (Å²) in [6, 6.07) is 4.21. The van der Waals surface area contributed by atoms with Gasteiger partial charge >= 0.3 is 0 Å². The van der Waals surface area contributed by atoms with Gasteiger partial charge in [0.05, 0.1) is 0 Å². The highest BCUT2D eigenvalue weighted by Crippen LogP contribution is 2.16. The molecule has 0 radical (unpaired) electrons. The average molecular weight is 255 g/mol. The van der Waals surface area contributed by atoms with Crippen molar-refractivity contribution < 1.29 is 8.78 Å². The Balaban J connectivity index is 2.55. The molecule has 1 nitrogen and oxygen atoms in total. The predicted molar refractivity (Wildman–Crippen MR) is 71.6 cm³/mol. The number of hydrogen-bond donors (Lipinski definition) is 1. The highest BCUT2D eigenvalue weighted by atomic mass is 19.2. The molecule has 102 valence electrons. The minimum absolute atomic E-state index is 0.492. The van der Waals surface area contributed by atoms with Crippen LogP contribution < -0.4 is 5.32 Å². The third-order valence-electron chi connectivity index (χ3n) is 3.07. The van der Waals surface area contributed by atoms with Crippen LogP contribution in [0.1, 0.15) is 38.7 Å². The molecule has 3 heteroatoms. The molecule has 1 unspecified atom stereocenters. The summed E-state index contributed by atoms with van der Waals surface area (Å²) in [4.78, 5) is 0. The second kappa shape index (κ2) is 8.20. The van der Waals surface area contributed by atoms with Gasteiger partial charge in [-0.3, -0.25) is 0 Å². The molecule has 0 aliphatic carbocycles. The maximum atomic E-state index is 13.1. The van der Waals surface area contributed by atoms with Gasteiger partial charge in [-0.25, -0.2) is 8.78 Å². The number of hydrogen-bond acceptors (Lipinski definition) is 1. The number of halogens is 2. The van der Waals surface area contributed by atoms with E-state index in [2.05, 4.69) is 19.2 Å². The lowest BCUT2D eigenvalue weighted by Crippen LogP contribution is -2.25. The molecule has 0 bridgehead atoms. The number of benzene rings is 1. The maximum Gasteiger partial charge on any atom is 0.159 e. The van der Waals surface area contributed by atoms with Gasteiger partial charge in [0.1, 0.15) is 0 Å². The third-order valence-corrected chi connectivity index (χ3v) is 3.07. The Hall–Kier alpha value is -0.960. The van der Waals surface area contributed by atoms with Gasteiger partial charge in [-0.2, -0.15) is 0 Å². The molecule has 0 spiro atoms. The highest BCUT2D eigenvalue weighted by molar-refractivity contribution is 5.18. The monoisotopic (exact) mass is 255 g/mol. The first-order valence-corrected chi connectivity index (χ1v) is 6.82. The maximum absolute atomic E-state index is 13.1. The Morgan fingerprint density at radius 3 is 2.50 bits per heavy atom. The van der Waals surface area contributed by atoms with Crippen LogP contribution in [0.5, 0.6) is 0 Å². The minimum Gasteiger partial charge on any atom is -0.316 e. The molecule has 1 N–H and O–H groups in total. The predicted octanol–water partition coefficient (Wildman–Crippen LogP) is 3.92. The number of nitrogens with one attached hydrogen (secondary N) is 1. The van der Waals surface area contributed by atoms with E-state index in [0.717, 1.165) is 44.3 Å². The normalized spacial score (nSPS) is 12.7. The van der Waals surface area contributed by atoms with E-state index in [4.69, 9.17) is 0 Å². The van der Waals surface area contributed by atoms with Crippen LogP contribution in [0.4, 0.5) is 8.78 Å².